The summed E-state index contributed by atoms with van der Waals surface area (Å²) in [5.74, 6) is 0. The third-order valence-electron chi connectivity index (χ3n) is 1.89. The zero-order valence-electron chi connectivity index (χ0n) is 9.54. The third-order valence-corrected chi connectivity index (χ3v) is 2.70. The molecule has 2 radical (unpaired) electrons. The van der Waals surface area contributed by atoms with Gasteiger partial charge < -0.3 is 13.6 Å². The van der Waals surface area contributed by atoms with Gasteiger partial charge in [-0.05, 0) is 33.1 Å². The van der Waals surface area contributed by atoms with Crippen LogP contribution in [0.1, 0.15) is 40.0 Å². The molecule has 0 N–H and O–H groups in total. The van der Waals surface area contributed by atoms with E-state index in [-0.39, 0.29) is 10.0 Å². The molecule has 1 aliphatic heterocycles. The summed E-state index contributed by atoms with van der Waals surface area (Å²) in [7, 11) is 0.232. The molecule has 1 fully saturated rings. The lowest BCUT2D eigenvalue weighted by Gasteiger charge is -2.01. The number of rotatable bonds is 5. The van der Waals surface area contributed by atoms with E-state index in [1.54, 1.807) is 0 Å². The van der Waals surface area contributed by atoms with Gasteiger partial charge in [-0.15, -0.1) is 0 Å². The van der Waals surface area contributed by atoms with Crippen molar-refractivity contribution in [3.8, 4) is 0 Å². The summed E-state index contributed by atoms with van der Waals surface area (Å²) in [5.41, 5.74) is 0. The van der Waals surface area contributed by atoms with E-state index in [2.05, 4.69) is 6.92 Å². The molecule has 4 heteroatoms. The lowest BCUT2D eigenvalue weighted by molar-refractivity contribution is 0.108. The molecule has 84 valence electrons. The lowest BCUT2D eigenvalue weighted by Crippen LogP contribution is -2.02. The van der Waals surface area contributed by atoms with Gasteiger partial charge in [0, 0.05) is 19.8 Å². The van der Waals surface area contributed by atoms with Crippen LogP contribution in [0.5, 0.6) is 0 Å². The second kappa shape index (κ2) is 11.2. The molecule has 0 aromatic rings. The Kier molecular flexibility index (Phi) is 11.3. The second-order valence-corrected chi connectivity index (χ2v) is 3.74. The molecule has 0 aliphatic carbocycles. The van der Waals surface area contributed by atoms with Crippen LogP contribution in [0.3, 0.4) is 0 Å². The van der Waals surface area contributed by atoms with Crippen molar-refractivity contribution in [2.75, 3.05) is 19.8 Å². The highest BCUT2D eigenvalue weighted by Gasteiger charge is 2.11. The molecule has 14 heavy (non-hydrogen) atoms. The maximum Gasteiger partial charge on any atom is 0.433 e. The summed E-state index contributed by atoms with van der Waals surface area (Å²) in [5, 5.41) is 0. The van der Waals surface area contributed by atoms with Crippen molar-refractivity contribution in [2.45, 2.75) is 46.1 Å². The van der Waals surface area contributed by atoms with Crippen LogP contribution in [0.15, 0.2) is 0 Å². The molecule has 0 aromatic carbocycles. The van der Waals surface area contributed by atoms with E-state index in [1.807, 2.05) is 13.8 Å². The SMILES string of the molecule is CCC1CCCO1.CCO[Si]OCC. The summed E-state index contributed by atoms with van der Waals surface area (Å²) >= 11 is 0. The van der Waals surface area contributed by atoms with Gasteiger partial charge in [-0.1, -0.05) is 6.92 Å². The van der Waals surface area contributed by atoms with E-state index >= 15 is 0 Å². The molecule has 1 atom stereocenters. The molecule has 0 saturated carbocycles. The van der Waals surface area contributed by atoms with Gasteiger partial charge in [0.15, 0.2) is 0 Å². The standard InChI is InChI=1S/C6H12O.C4H10O2Si/c1-2-6-4-3-5-7-6;1-3-5-7-6-4-2/h6H,2-5H2,1H3;3-4H2,1-2H3. The first kappa shape index (κ1) is 14.1. The van der Waals surface area contributed by atoms with Crippen molar-refractivity contribution in [1.29, 1.82) is 0 Å². The second-order valence-electron chi connectivity index (χ2n) is 2.99. The fraction of sp³-hybridized carbons (Fsp3) is 1.00. The average molecular weight is 218 g/mol. The van der Waals surface area contributed by atoms with Gasteiger partial charge in [-0.2, -0.15) is 0 Å². The Labute approximate surface area is 90.2 Å². The number of hydrogen-bond acceptors (Lipinski definition) is 3. The fourth-order valence-corrected chi connectivity index (χ4v) is 1.44. The maximum absolute atomic E-state index is 5.30. The summed E-state index contributed by atoms with van der Waals surface area (Å²) in [6.07, 6.45) is 4.36. The predicted octanol–water partition coefficient (Wildman–Crippen LogP) is 2.17. The fourth-order valence-electron chi connectivity index (χ4n) is 1.13. The molecule has 0 amide bonds. The molecule has 0 bridgehead atoms. The minimum Gasteiger partial charge on any atom is -0.393 e. The van der Waals surface area contributed by atoms with E-state index in [0.717, 1.165) is 19.8 Å². The van der Waals surface area contributed by atoms with Crippen molar-refractivity contribution in [2.24, 2.45) is 0 Å². The molecule has 0 spiro atoms. The van der Waals surface area contributed by atoms with Crippen LogP contribution >= 0.6 is 0 Å². The molecule has 1 saturated heterocycles. The molecule has 1 rings (SSSR count). The summed E-state index contributed by atoms with van der Waals surface area (Å²) in [6, 6.07) is 0. The van der Waals surface area contributed by atoms with Crippen molar-refractivity contribution in [1.82, 2.24) is 0 Å². The topological polar surface area (TPSA) is 27.7 Å². The monoisotopic (exact) mass is 218 g/mol. The minimum absolute atomic E-state index is 0.232. The zero-order valence-corrected chi connectivity index (χ0v) is 10.5. The normalized spacial score (nSPS) is 20.4. The van der Waals surface area contributed by atoms with Gasteiger partial charge >= 0.3 is 10.0 Å². The summed E-state index contributed by atoms with van der Waals surface area (Å²) in [6.45, 7) is 8.57. The van der Waals surface area contributed by atoms with Crippen LogP contribution < -0.4 is 0 Å². The first-order valence-corrected chi connectivity index (χ1v) is 6.26. The van der Waals surface area contributed by atoms with E-state index < -0.39 is 0 Å². The Bertz CT molecular complexity index is 102. The largest absolute Gasteiger partial charge is 0.433 e. The van der Waals surface area contributed by atoms with Crippen LogP contribution in [0, 0.1) is 0 Å². The van der Waals surface area contributed by atoms with Gasteiger partial charge in [0.1, 0.15) is 0 Å². The van der Waals surface area contributed by atoms with Crippen molar-refractivity contribution >= 4 is 10.0 Å². The van der Waals surface area contributed by atoms with E-state index in [1.165, 1.54) is 19.3 Å². The van der Waals surface area contributed by atoms with E-state index in [0.29, 0.717) is 6.10 Å². The molecular formula is C10H22O3Si. The van der Waals surface area contributed by atoms with Gasteiger partial charge in [-0.3, -0.25) is 0 Å². The minimum atomic E-state index is 0.232. The van der Waals surface area contributed by atoms with Crippen LogP contribution in [-0.2, 0) is 13.6 Å². The average Bonchev–Trinajstić information content (AvgIpc) is 2.72. The Balaban J connectivity index is 0.000000241. The lowest BCUT2D eigenvalue weighted by atomic mass is 10.2. The van der Waals surface area contributed by atoms with Crippen LogP contribution in [0.25, 0.3) is 0 Å². The molecular weight excluding hydrogens is 196 g/mol. The van der Waals surface area contributed by atoms with E-state index in [4.69, 9.17) is 13.6 Å². The molecule has 1 aliphatic rings. The maximum atomic E-state index is 5.30. The van der Waals surface area contributed by atoms with Crippen LogP contribution in [0.4, 0.5) is 0 Å². The molecule has 0 aromatic heterocycles. The third kappa shape index (κ3) is 8.68. The number of hydrogen-bond donors (Lipinski definition) is 0. The van der Waals surface area contributed by atoms with Crippen LogP contribution in [-0.4, -0.2) is 35.9 Å². The van der Waals surface area contributed by atoms with Crippen LogP contribution in [0.2, 0.25) is 0 Å². The quantitative estimate of drug-likeness (QED) is 0.523. The van der Waals surface area contributed by atoms with Crippen molar-refractivity contribution in [3.05, 3.63) is 0 Å². The highest BCUT2D eigenvalue weighted by molar-refractivity contribution is 6.17. The molecule has 1 unspecified atom stereocenters. The molecule has 1 heterocycles. The van der Waals surface area contributed by atoms with Gasteiger partial charge in [0.2, 0.25) is 0 Å². The predicted molar refractivity (Wildman–Crippen MR) is 58.3 cm³/mol. The van der Waals surface area contributed by atoms with Gasteiger partial charge in [0.05, 0.1) is 6.10 Å². The van der Waals surface area contributed by atoms with Crippen molar-refractivity contribution < 1.29 is 13.6 Å². The van der Waals surface area contributed by atoms with Crippen molar-refractivity contribution in [3.63, 3.8) is 0 Å². The Morgan fingerprint density at radius 1 is 1.21 bits per heavy atom. The highest BCUT2D eigenvalue weighted by atomic mass is 28.3. The summed E-state index contributed by atoms with van der Waals surface area (Å²) in [4.78, 5) is 0. The smallest absolute Gasteiger partial charge is 0.393 e. The van der Waals surface area contributed by atoms with Gasteiger partial charge in [0.25, 0.3) is 0 Å². The Hall–Kier alpha value is 0.0969. The highest BCUT2D eigenvalue weighted by Crippen LogP contribution is 2.13. The first-order valence-electron chi connectivity index (χ1n) is 5.45. The summed E-state index contributed by atoms with van der Waals surface area (Å²) < 4.78 is 15.1. The number of ether oxygens (including phenoxy) is 1. The first-order chi connectivity index (χ1) is 6.85. The van der Waals surface area contributed by atoms with E-state index in [9.17, 15) is 0 Å². The van der Waals surface area contributed by atoms with Gasteiger partial charge in [-0.25, -0.2) is 0 Å². The molecule has 3 nitrogen and oxygen atoms in total. The zero-order chi connectivity index (χ0) is 10.6. The Morgan fingerprint density at radius 2 is 1.86 bits per heavy atom. The Morgan fingerprint density at radius 3 is 2.14 bits per heavy atom.